The molecular weight excluding hydrogens is 224 g/mol. The zero-order valence-corrected chi connectivity index (χ0v) is 11.0. The van der Waals surface area contributed by atoms with Crippen molar-refractivity contribution in [2.24, 2.45) is 10.9 Å². The van der Waals surface area contributed by atoms with Crippen molar-refractivity contribution >= 4 is 22.9 Å². The monoisotopic (exact) mass is 244 g/mol. The molecule has 1 atom stereocenters. The predicted octanol–water partition coefficient (Wildman–Crippen LogP) is 1.66. The fourth-order valence-electron chi connectivity index (χ4n) is 1.34. The van der Waals surface area contributed by atoms with Gasteiger partial charge in [0.25, 0.3) is 0 Å². The Morgan fingerprint density at radius 3 is 3.00 bits per heavy atom. The Balaban J connectivity index is 2.13. The third-order valence-electron chi connectivity index (χ3n) is 2.33. The summed E-state index contributed by atoms with van der Waals surface area (Å²) >= 11 is 1.77. The lowest BCUT2D eigenvalue weighted by molar-refractivity contribution is -0.142. The van der Waals surface area contributed by atoms with Gasteiger partial charge >= 0.3 is 5.97 Å². The summed E-state index contributed by atoms with van der Waals surface area (Å²) in [7, 11) is 0. The lowest BCUT2D eigenvalue weighted by atomic mass is 10.1. The molecule has 0 radical (unpaired) electrons. The van der Waals surface area contributed by atoms with Crippen molar-refractivity contribution in [3.05, 3.63) is 0 Å². The Morgan fingerprint density at radius 1 is 1.69 bits per heavy atom. The second-order valence-electron chi connectivity index (χ2n) is 4.03. The van der Waals surface area contributed by atoms with Crippen LogP contribution in [0.15, 0.2) is 4.99 Å². The summed E-state index contributed by atoms with van der Waals surface area (Å²) in [5.74, 6) is 0.483. The van der Waals surface area contributed by atoms with E-state index in [1.54, 1.807) is 11.8 Å². The number of nitrogens with one attached hydrogen (secondary N) is 1. The van der Waals surface area contributed by atoms with Gasteiger partial charge in [-0.05, 0) is 12.8 Å². The molecule has 0 bridgehead atoms. The highest BCUT2D eigenvalue weighted by molar-refractivity contribution is 8.14. The van der Waals surface area contributed by atoms with Crippen LogP contribution in [0.4, 0.5) is 0 Å². The molecule has 5 heteroatoms. The number of carbonyl (C=O) groups excluding carboxylic acids is 1. The normalized spacial score (nSPS) is 19.8. The van der Waals surface area contributed by atoms with E-state index in [1.807, 2.05) is 6.92 Å². The summed E-state index contributed by atoms with van der Waals surface area (Å²) in [6, 6.07) is 0. The zero-order chi connectivity index (χ0) is 12.0. The number of hydrogen-bond donors (Lipinski definition) is 1. The van der Waals surface area contributed by atoms with Crippen molar-refractivity contribution in [3.63, 3.8) is 0 Å². The van der Waals surface area contributed by atoms with Crippen LogP contribution in [-0.4, -0.2) is 36.1 Å². The largest absolute Gasteiger partial charge is 0.466 e. The van der Waals surface area contributed by atoms with Crippen molar-refractivity contribution in [2.75, 3.05) is 19.7 Å². The van der Waals surface area contributed by atoms with Gasteiger partial charge in [0.15, 0.2) is 5.17 Å². The molecule has 0 saturated heterocycles. The molecule has 0 aromatic rings. The van der Waals surface area contributed by atoms with Gasteiger partial charge in [0.1, 0.15) is 0 Å². The van der Waals surface area contributed by atoms with Crippen molar-refractivity contribution in [2.45, 2.75) is 32.4 Å². The molecular formula is C11H20N2O2S. The maximum Gasteiger partial charge on any atom is 0.307 e. The Labute approximate surface area is 101 Å². The van der Waals surface area contributed by atoms with Gasteiger partial charge in [0.05, 0.1) is 19.6 Å². The highest BCUT2D eigenvalue weighted by Crippen LogP contribution is 2.25. The standard InChI is InChI=1S/C11H20N2O2S/c1-4-15-10(14)5-6-12-11-13-7-9(16-11)8(2)3/h8-9H,4-7H2,1-3H3,(H,12,13). The summed E-state index contributed by atoms with van der Waals surface area (Å²) in [6.45, 7) is 8.16. The summed E-state index contributed by atoms with van der Waals surface area (Å²) in [5, 5.41) is 4.70. The first-order valence-electron chi connectivity index (χ1n) is 5.74. The number of rotatable bonds is 5. The fourth-order valence-corrected chi connectivity index (χ4v) is 2.38. The van der Waals surface area contributed by atoms with Crippen LogP contribution in [0.25, 0.3) is 0 Å². The number of nitrogens with zero attached hydrogens (tertiary/aromatic N) is 1. The highest BCUT2D eigenvalue weighted by Gasteiger charge is 2.22. The topological polar surface area (TPSA) is 50.7 Å². The van der Waals surface area contributed by atoms with Crippen LogP contribution in [0, 0.1) is 5.92 Å². The number of aliphatic imine (C=N–C) groups is 1. The van der Waals surface area contributed by atoms with Crippen LogP contribution in [0.5, 0.6) is 0 Å². The molecule has 1 unspecified atom stereocenters. The van der Waals surface area contributed by atoms with Crippen molar-refractivity contribution in [1.82, 2.24) is 5.32 Å². The van der Waals surface area contributed by atoms with E-state index in [0.29, 0.717) is 30.7 Å². The number of carbonyl (C=O) groups is 1. The lowest BCUT2D eigenvalue weighted by Crippen LogP contribution is -2.24. The molecule has 0 saturated carbocycles. The Hall–Kier alpha value is -0.710. The van der Waals surface area contributed by atoms with E-state index in [-0.39, 0.29) is 5.97 Å². The first-order chi connectivity index (χ1) is 7.63. The van der Waals surface area contributed by atoms with Gasteiger partial charge in [-0.2, -0.15) is 0 Å². The summed E-state index contributed by atoms with van der Waals surface area (Å²) < 4.78 is 4.84. The van der Waals surface area contributed by atoms with Gasteiger partial charge in [-0.1, -0.05) is 25.6 Å². The molecule has 0 amide bonds. The Kier molecular flexibility index (Phi) is 5.66. The third-order valence-corrected chi connectivity index (χ3v) is 3.82. The van der Waals surface area contributed by atoms with E-state index in [9.17, 15) is 4.79 Å². The number of esters is 1. The smallest absolute Gasteiger partial charge is 0.307 e. The van der Waals surface area contributed by atoms with E-state index in [2.05, 4.69) is 24.2 Å². The minimum absolute atomic E-state index is 0.154. The van der Waals surface area contributed by atoms with Crippen LogP contribution in [0.1, 0.15) is 27.2 Å². The molecule has 0 fully saturated rings. The van der Waals surface area contributed by atoms with Crippen molar-refractivity contribution < 1.29 is 9.53 Å². The molecule has 0 aliphatic carbocycles. The second-order valence-corrected chi connectivity index (χ2v) is 5.26. The number of ether oxygens (including phenoxy) is 1. The van der Waals surface area contributed by atoms with E-state index >= 15 is 0 Å². The SMILES string of the molecule is CCOC(=O)CCNC1=NCC(C(C)C)S1. The molecule has 92 valence electrons. The molecule has 0 spiro atoms. The molecule has 1 heterocycles. The van der Waals surface area contributed by atoms with Crippen molar-refractivity contribution in [1.29, 1.82) is 0 Å². The molecule has 1 aliphatic rings. The molecule has 16 heavy (non-hydrogen) atoms. The molecule has 4 nitrogen and oxygen atoms in total. The molecule has 1 aliphatic heterocycles. The molecule has 1 rings (SSSR count). The minimum Gasteiger partial charge on any atom is -0.466 e. The van der Waals surface area contributed by atoms with Gasteiger partial charge in [-0.15, -0.1) is 0 Å². The lowest BCUT2D eigenvalue weighted by Gasteiger charge is -2.12. The van der Waals surface area contributed by atoms with Gasteiger partial charge in [-0.3, -0.25) is 9.79 Å². The summed E-state index contributed by atoms with van der Waals surface area (Å²) in [4.78, 5) is 15.5. The number of thioether (sulfide) groups is 1. The van der Waals surface area contributed by atoms with E-state index < -0.39 is 0 Å². The van der Waals surface area contributed by atoms with Crippen LogP contribution in [0.3, 0.4) is 0 Å². The summed E-state index contributed by atoms with van der Waals surface area (Å²) in [6.07, 6.45) is 0.403. The van der Waals surface area contributed by atoms with Crippen LogP contribution >= 0.6 is 11.8 Å². The van der Waals surface area contributed by atoms with E-state index in [0.717, 1.165) is 11.7 Å². The Bertz CT molecular complexity index is 267. The molecule has 0 aromatic carbocycles. The average Bonchev–Trinajstić information content (AvgIpc) is 2.67. The van der Waals surface area contributed by atoms with Crippen LogP contribution in [-0.2, 0) is 9.53 Å². The second kappa shape index (κ2) is 6.78. The van der Waals surface area contributed by atoms with Crippen LogP contribution in [0.2, 0.25) is 0 Å². The molecule has 0 aromatic heterocycles. The number of hydrogen-bond acceptors (Lipinski definition) is 5. The average molecular weight is 244 g/mol. The predicted molar refractivity (Wildman–Crippen MR) is 67.8 cm³/mol. The quantitative estimate of drug-likeness (QED) is 0.747. The fraction of sp³-hybridized carbons (Fsp3) is 0.818. The van der Waals surface area contributed by atoms with Gasteiger partial charge in [-0.25, -0.2) is 0 Å². The van der Waals surface area contributed by atoms with E-state index in [1.165, 1.54) is 0 Å². The zero-order valence-electron chi connectivity index (χ0n) is 10.2. The van der Waals surface area contributed by atoms with E-state index in [4.69, 9.17) is 4.74 Å². The Morgan fingerprint density at radius 2 is 2.44 bits per heavy atom. The first kappa shape index (κ1) is 13.4. The van der Waals surface area contributed by atoms with Gasteiger partial charge < -0.3 is 10.1 Å². The minimum atomic E-state index is -0.154. The van der Waals surface area contributed by atoms with Gasteiger partial charge in [0, 0.05) is 11.8 Å². The highest BCUT2D eigenvalue weighted by atomic mass is 32.2. The van der Waals surface area contributed by atoms with Crippen LogP contribution < -0.4 is 5.32 Å². The van der Waals surface area contributed by atoms with Crippen molar-refractivity contribution in [3.8, 4) is 0 Å². The third kappa shape index (κ3) is 4.43. The first-order valence-corrected chi connectivity index (χ1v) is 6.62. The molecule has 1 N–H and O–H groups in total. The number of amidine groups is 1. The summed E-state index contributed by atoms with van der Waals surface area (Å²) in [5.41, 5.74) is 0. The maximum absolute atomic E-state index is 11.1. The van der Waals surface area contributed by atoms with Gasteiger partial charge in [0.2, 0.25) is 0 Å². The maximum atomic E-state index is 11.1.